The van der Waals surface area contributed by atoms with Gasteiger partial charge in [0.15, 0.2) is 0 Å². The minimum atomic E-state index is -0.971. The second kappa shape index (κ2) is 8.67. The van der Waals surface area contributed by atoms with Crippen LogP contribution in [0.5, 0.6) is 11.6 Å². The van der Waals surface area contributed by atoms with Gasteiger partial charge in [-0.05, 0) is 49.8 Å². The number of aromatic hydroxyl groups is 1. The van der Waals surface area contributed by atoms with E-state index >= 15 is 4.39 Å². The highest BCUT2D eigenvalue weighted by atomic mass is 19.1. The van der Waals surface area contributed by atoms with Crippen LogP contribution in [0.25, 0.3) is 22.4 Å². The Hall–Kier alpha value is -3.40. The number of fused-ring (bicyclic) bond motifs is 2. The van der Waals surface area contributed by atoms with Crippen LogP contribution in [-0.4, -0.2) is 62.7 Å². The Kier molecular flexibility index (Phi) is 5.47. The van der Waals surface area contributed by atoms with Crippen molar-refractivity contribution in [2.45, 2.75) is 62.4 Å². The smallest absolute Gasteiger partial charge is 0.245 e. The number of hydrogen-bond acceptors (Lipinski definition) is 8. The van der Waals surface area contributed by atoms with Crippen LogP contribution in [-0.2, 0) is 0 Å². The summed E-state index contributed by atoms with van der Waals surface area (Å²) >= 11 is 0. The molecule has 0 radical (unpaired) electrons. The molecule has 10 heteroatoms. The number of piperidine rings is 1. The third kappa shape index (κ3) is 4.05. The van der Waals surface area contributed by atoms with Crippen molar-refractivity contribution in [3.05, 3.63) is 42.5 Å². The normalized spacial score (nSPS) is 25.5. The zero-order chi connectivity index (χ0) is 24.1. The van der Waals surface area contributed by atoms with Crippen LogP contribution in [0, 0.1) is 5.82 Å². The molecular weight excluding hydrogens is 454 g/mol. The molecule has 2 saturated heterocycles. The number of halogens is 2. The van der Waals surface area contributed by atoms with Gasteiger partial charge in [0.1, 0.15) is 23.4 Å². The maximum Gasteiger partial charge on any atom is 0.245 e. The Bertz CT molecular complexity index is 1240. The standard InChI is InChI=1S/C25H26F2N6O2/c1-35-23-10-17(18(26)11-28-23)13-2-6-16(22(34)8-13)20-12-29-25(32-31-20)33(15-4-5-15)21-9-14-3-7-19(30-14)24(21)27/h2,6,8,10-12,14-15,19,21,24,30,34H,3-5,7,9H2,1H3/t14-,19-,21-,24+/m0/s1. The second-order valence-electron chi connectivity index (χ2n) is 9.52. The first-order chi connectivity index (χ1) is 17.0. The first kappa shape index (κ1) is 22.1. The van der Waals surface area contributed by atoms with Gasteiger partial charge < -0.3 is 20.1 Å². The van der Waals surface area contributed by atoms with Gasteiger partial charge in [-0.1, -0.05) is 6.07 Å². The number of nitrogens with one attached hydrogen (secondary N) is 1. The number of phenolic OH excluding ortho intramolecular Hbond substituents is 1. The maximum absolute atomic E-state index is 15.3. The molecule has 3 aromatic rings. The van der Waals surface area contributed by atoms with Gasteiger partial charge in [-0.2, -0.15) is 0 Å². The van der Waals surface area contributed by atoms with Gasteiger partial charge in [0.25, 0.3) is 0 Å². The third-order valence-electron chi connectivity index (χ3n) is 7.26. The number of phenols is 1. The molecule has 3 fully saturated rings. The summed E-state index contributed by atoms with van der Waals surface area (Å²) in [6.45, 7) is 0. The predicted molar refractivity (Wildman–Crippen MR) is 125 cm³/mol. The average Bonchev–Trinajstić information content (AvgIpc) is 3.62. The van der Waals surface area contributed by atoms with Gasteiger partial charge in [-0.15, -0.1) is 10.2 Å². The van der Waals surface area contributed by atoms with Crippen LogP contribution in [0.3, 0.4) is 0 Å². The van der Waals surface area contributed by atoms with Crippen LogP contribution < -0.4 is 15.0 Å². The second-order valence-corrected chi connectivity index (χ2v) is 9.52. The van der Waals surface area contributed by atoms with Gasteiger partial charge in [0.05, 0.1) is 25.5 Å². The van der Waals surface area contributed by atoms with Crippen molar-refractivity contribution in [2.24, 2.45) is 0 Å². The fourth-order valence-corrected chi connectivity index (χ4v) is 5.36. The van der Waals surface area contributed by atoms with Crippen LogP contribution in [0.15, 0.2) is 36.7 Å². The van der Waals surface area contributed by atoms with Crippen molar-refractivity contribution in [1.29, 1.82) is 0 Å². The number of hydrogen-bond donors (Lipinski definition) is 2. The van der Waals surface area contributed by atoms with Crippen LogP contribution in [0.1, 0.15) is 32.1 Å². The minimum absolute atomic E-state index is 0.0840. The Morgan fingerprint density at radius 2 is 1.91 bits per heavy atom. The van der Waals surface area contributed by atoms with E-state index in [2.05, 4.69) is 25.5 Å². The SMILES string of the molecule is COc1cc(-c2ccc(-c3cnc(N(C4CC4)[C@H]4C[C@@H]5CC[C@H](N5)[C@H]4F)nn3)c(O)c2)c(F)cn1. The van der Waals surface area contributed by atoms with Gasteiger partial charge in [0, 0.05) is 35.3 Å². The Morgan fingerprint density at radius 3 is 2.63 bits per heavy atom. The Balaban J connectivity index is 1.27. The first-order valence-electron chi connectivity index (χ1n) is 11.9. The third-order valence-corrected chi connectivity index (χ3v) is 7.26. The van der Waals surface area contributed by atoms with Crippen molar-refractivity contribution < 1.29 is 18.6 Å². The molecule has 0 unspecified atom stereocenters. The van der Waals surface area contributed by atoms with Crippen LogP contribution >= 0.6 is 0 Å². The fourth-order valence-electron chi connectivity index (χ4n) is 5.36. The molecule has 6 rings (SSSR count). The Labute approximate surface area is 201 Å². The average molecular weight is 481 g/mol. The summed E-state index contributed by atoms with van der Waals surface area (Å²) in [5.74, 6) is 0.0844. The molecule has 1 aliphatic carbocycles. The van der Waals surface area contributed by atoms with E-state index in [9.17, 15) is 9.50 Å². The van der Waals surface area contributed by atoms with E-state index in [0.29, 0.717) is 28.8 Å². The zero-order valence-corrected chi connectivity index (χ0v) is 19.2. The zero-order valence-electron chi connectivity index (χ0n) is 19.2. The molecule has 4 atom stereocenters. The molecule has 0 spiro atoms. The summed E-state index contributed by atoms with van der Waals surface area (Å²) in [5.41, 5.74) is 1.53. The predicted octanol–water partition coefficient (Wildman–Crippen LogP) is 3.65. The lowest BCUT2D eigenvalue weighted by atomic mass is 9.96. The number of rotatable bonds is 6. The molecule has 4 heterocycles. The van der Waals surface area contributed by atoms with Gasteiger partial charge in [0.2, 0.25) is 11.8 Å². The molecule has 1 aromatic carbocycles. The maximum atomic E-state index is 15.3. The minimum Gasteiger partial charge on any atom is -0.507 e. The van der Waals surface area contributed by atoms with Gasteiger partial charge in [-0.25, -0.2) is 18.7 Å². The van der Waals surface area contributed by atoms with Crippen LogP contribution in [0.2, 0.25) is 0 Å². The van der Waals surface area contributed by atoms with Crippen molar-refractivity contribution in [3.8, 4) is 34.0 Å². The molecule has 2 aliphatic heterocycles. The number of pyridine rings is 1. The first-order valence-corrected chi connectivity index (χ1v) is 11.9. The van der Waals surface area contributed by atoms with E-state index in [4.69, 9.17) is 4.74 Å². The number of benzene rings is 1. The highest BCUT2D eigenvalue weighted by Gasteiger charge is 2.48. The summed E-state index contributed by atoms with van der Waals surface area (Å²) < 4.78 is 34.6. The number of nitrogens with zero attached hydrogens (tertiary/aromatic N) is 5. The number of alkyl halides is 1. The summed E-state index contributed by atoms with van der Waals surface area (Å²) in [5, 5.41) is 22.7. The molecule has 8 nitrogen and oxygen atoms in total. The highest BCUT2D eigenvalue weighted by molar-refractivity contribution is 5.74. The van der Waals surface area contributed by atoms with Crippen molar-refractivity contribution in [1.82, 2.24) is 25.5 Å². The molecule has 2 N–H and O–H groups in total. The van der Waals surface area contributed by atoms with E-state index in [-0.39, 0.29) is 35.3 Å². The number of ether oxygens (including phenoxy) is 1. The molecule has 3 aliphatic rings. The lowest BCUT2D eigenvalue weighted by molar-refractivity contribution is 0.171. The molecular formula is C25H26F2N6O2. The lowest BCUT2D eigenvalue weighted by Gasteiger charge is -2.40. The molecule has 2 aromatic heterocycles. The van der Waals surface area contributed by atoms with E-state index in [0.717, 1.165) is 38.3 Å². The Morgan fingerprint density at radius 1 is 1.06 bits per heavy atom. The molecule has 0 amide bonds. The number of aromatic nitrogens is 4. The largest absolute Gasteiger partial charge is 0.507 e. The monoisotopic (exact) mass is 480 g/mol. The summed E-state index contributed by atoms with van der Waals surface area (Å²) in [6, 6.07) is 6.46. The topological polar surface area (TPSA) is 96.3 Å². The van der Waals surface area contributed by atoms with Crippen LogP contribution in [0.4, 0.5) is 14.7 Å². The molecule has 2 bridgehead atoms. The molecule has 182 valence electrons. The van der Waals surface area contributed by atoms with E-state index in [1.165, 1.54) is 19.2 Å². The van der Waals surface area contributed by atoms with Crippen molar-refractivity contribution >= 4 is 5.95 Å². The highest BCUT2D eigenvalue weighted by Crippen LogP contribution is 2.40. The van der Waals surface area contributed by atoms with Gasteiger partial charge in [-0.3, -0.25) is 0 Å². The fraction of sp³-hybridized carbons (Fsp3) is 0.440. The van der Waals surface area contributed by atoms with Crippen molar-refractivity contribution in [3.63, 3.8) is 0 Å². The van der Waals surface area contributed by atoms with E-state index in [1.807, 2.05) is 4.90 Å². The number of methoxy groups -OCH3 is 1. The molecule has 35 heavy (non-hydrogen) atoms. The molecule has 1 saturated carbocycles. The summed E-state index contributed by atoms with van der Waals surface area (Å²) in [6.07, 6.45) is 6.25. The van der Waals surface area contributed by atoms with E-state index in [1.54, 1.807) is 18.3 Å². The lowest BCUT2D eigenvalue weighted by Crippen LogP contribution is -2.57. The van der Waals surface area contributed by atoms with Crippen molar-refractivity contribution in [2.75, 3.05) is 12.0 Å². The summed E-state index contributed by atoms with van der Waals surface area (Å²) in [7, 11) is 1.45. The van der Waals surface area contributed by atoms with Gasteiger partial charge >= 0.3 is 0 Å². The quantitative estimate of drug-likeness (QED) is 0.552. The van der Waals surface area contributed by atoms with E-state index < -0.39 is 12.0 Å². The summed E-state index contributed by atoms with van der Waals surface area (Å²) in [4.78, 5) is 10.4. The number of anilines is 1.